The van der Waals surface area contributed by atoms with Gasteiger partial charge < -0.3 is 15.6 Å². The molecule has 2 aromatic heterocycles. The predicted molar refractivity (Wildman–Crippen MR) is 96.7 cm³/mol. The van der Waals surface area contributed by atoms with Crippen LogP contribution >= 0.6 is 0 Å². The van der Waals surface area contributed by atoms with E-state index in [1.165, 1.54) is 6.20 Å². The number of pyridine rings is 1. The van der Waals surface area contributed by atoms with Crippen molar-refractivity contribution < 1.29 is 9.59 Å². The maximum atomic E-state index is 12.4. The Morgan fingerprint density at radius 2 is 2.08 bits per heavy atom. The van der Waals surface area contributed by atoms with E-state index in [4.69, 9.17) is 0 Å². The lowest BCUT2D eigenvalue weighted by molar-refractivity contribution is -0.120. The second-order valence-electron chi connectivity index (χ2n) is 5.96. The van der Waals surface area contributed by atoms with Crippen molar-refractivity contribution in [3.63, 3.8) is 0 Å². The summed E-state index contributed by atoms with van der Waals surface area (Å²) in [5, 5.41) is 9.74. The monoisotopic (exact) mass is 353 g/mol. The molecule has 2 heterocycles. The van der Waals surface area contributed by atoms with Crippen molar-refractivity contribution >= 4 is 22.7 Å². The quantitative estimate of drug-likeness (QED) is 0.605. The van der Waals surface area contributed by atoms with Crippen LogP contribution in [0.1, 0.15) is 17.3 Å². The molecule has 26 heavy (non-hydrogen) atoms. The summed E-state index contributed by atoms with van der Waals surface area (Å²) in [7, 11) is 0. The van der Waals surface area contributed by atoms with Crippen molar-refractivity contribution in [2.75, 3.05) is 6.54 Å². The first-order valence-corrected chi connectivity index (χ1v) is 8.20. The van der Waals surface area contributed by atoms with Crippen LogP contribution in [0.3, 0.4) is 0 Å². The molecule has 8 heteroatoms. The van der Waals surface area contributed by atoms with Gasteiger partial charge in [-0.2, -0.15) is 5.10 Å². The number of H-pyrrole nitrogens is 1. The molecule has 0 aliphatic rings. The summed E-state index contributed by atoms with van der Waals surface area (Å²) in [6, 6.07) is 8.58. The van der Waals surface area contributed by atoms with E-state index < -0.39 is 5.91 Å². The number of hydrogen-bond acceptors (Lipinski definition) is 4. The van der Waals surface area contributed by atoms with E-state index in [1.807, 2.05) is 6.92 Å². The molecule has 134 valence electrons. The second-order valence-corrected chi connectivity index (χ2v) is 5.96. The molecule has 1 aromatic carbocycles. The minimum Gasteiger partial charge on any atom is -0.360 e. The number of nitrogens with one attached hydrogen (secondary N) is 3. The average Bonchev–Trinajstić information content (AvgIpc) is 3.13. The number of carbonyl (C=O) groups excluding carboxylic acids is 2. The summed E-state index contributed by atoms with van der Waals surface area (Å²) in [5.74, 6) is -0.929. The van der Waals surface area contributed by atoms with E-state index in [0.29, 0.717) is 17.4 Å². The standard InChI is InChI=1S/C18H19N5O3/c1-12(11-23-8-4-7-21-23)22-16(24)10-20-18(26)14-9-19-15-6-3-2-5-13(15)17(14)25/h2-9,12H,10-11H2,1H3,(H,19,25)(H,20,26)(H,22,24)/t12-/m0/s1. The number of benzene rings is 1. The van der Waals surface area contributed by atoms with Crippen LogP contribution in [0.25, 0.3) is 10.9 Å². The van der Waals surface area contributed by atoms with Crippen molar-refractivity contribution in [3.8, 4) is 0 Å². The third kappa shape index (κ3) is 3.97. The molecule has 0 saturated heterocycles. The number of para-hydroxylation sites is 1. The third-order valence-electron chi connectivity index (χ3n) is 3.87. The van der Waals surface area contributed by atoms with Crippen molar-refractivity contribution in [2.24, 2.45) is 0 Å². The Labute approximate surface area is 149 Å². The maximum absolute atomic E-state index is 12.4. The average molecular weight is 353 g/mol. The van der Waals surface area contributed by atoms with Crippen LogP contribution in [-0.4, -0.2) is 39.2 Å². The number of carbonyl (C=O) groups is 2. The van der Waals surface area contributed by atoms with Gasteiger partial charge in [0.05, 0.1) is 13.1 Å². The highest BCUT2D eigenvalue weighted by molar-refractivity contribution is 5.98. The van der Waals surface area contributed by atoms with Gasteiger partial charge in [0.15, 0.2) is 0 Å². The lowest BCUT2D eigenvalue weighted by Crippen LogP contribution is -2.43. The normalized spacial score (nSPS) is 11.9. The number of hydrogen-bond donors (Lipinski definition) is 3. The van der Waals surface area contributed by atoms with E-state index >= 15 is 0 Å². The van der Waals surface area contributed by atoms with Gasteiger partial charge in [0.25, 0.3) is 5.91 Å². The fourth-order valence-corrected chi connectivity index (χ4v) is 2.65. The van der Waals surface area contributed by atoms with Gasteiger partial charge in [-0.25, -0.2) is 0 Å². The smallest absolute Gasteiger partial charge is 0.257 e. The van der Waals surface area contributed by atoms with Gasteiger partial charge in [-0.1, -0.05) is 12.1 Å². The molecule has 2 amide bonds. The van der Waals surface area contributed by atoms with Crippen LogP contribution in [0.5, 0.6) is 0 Å². The van der Waals surface area contributed by atoms with E-state index in [-0.39, 0.29) is 29.5 Å². The van der Waals surface area contributed by atoms with Gasteiger partial charge >= 0.3 is 0 Å². The molecular weight excluding hydrogens is 334 g/mol. The molecular formula is C18H19N5O3. The van der Waals surface area contributed by atoms with Gasteiger partial charge in [0, 0.05) is 35.5 Å². The Balaban J connectivity index is 1.57. The molecule has 3 aromatic rings. The Morgan fingerprint density at radius 3 is 2.85 bits per heavy atom. The van der Waals surface area contributed by atoms with E-state index in [0.717, 1.165) is 0 Å². The summed E-state index contributed by atoms with van der Waals surface area (Å²) in [5.41, 5.74) is 0.254. The zero-order valence-corrected chi connectivity index (χ0v) is 14.2. The van der Waals surface area contributed by atoms with Gasteiger partial charge in [-0.3, -0.25) is 19.1 Å². The van der Waals surface area contributed by atoms with Gasteiger partial charge in [0.1, 0.15) is 5.56 Å². The first-order valence-electron chi connectivity index (χ1n) is 8.20. The molecule has 0 aliphatic carbocycles. The highest BCUT2D eigenvalue weighted by Gasteiger charge is 2.14. The van der Waals surface area contributed by atoms with Crippen LogP contribution < -0.4 is 16.1 Å². The SMILES string of the molecule is C[C@@H](Cn1cccn1)NC(=O)CNC(=O)c1c[nH]c2ccccc2c1=O. The Kier molecular flexibility index (Phi) is 5.12. The predicted octanol–water partition coefficient (Wildman–Crippen LogP) is 0.659. The molecule has 0 saturated carbocycles. The maximum Gasteiger partial charge on any atom is 0.257 e. The molecule has 0 unspecified atom stereocenters. The lowest BCUT2D eigenvalue weighted by Gasteiger charge is -2.14. The lowest BCUT2D eigenvalue weighted by atomic mass is 10.1. The van der Waals surface area contributed by atoms with Crippen molar-refractivity contribution in [1.82, 2.24) is 25.4 Å². The van der Waals surface area contributed by atoms with Crippen LogP contribution in [0.15, 0.2) is 53.7 Å². The minimum atomic E-state index is -0.591. The van der Waals surface area contributed by atoms with Crippen molar-refractivity contribution in [2.45, 2.75) is 19.5 Å². The van der Waals surface area contributed by atoms with E-state index in [9.17, 15) is 14.4 Å². The number of fused-ring (bicyclic) bond motifs is 1. The van der Waals surface area contributed by atoms with Crippen LogP contribution in [0.4, 0.5) is 0 Å². The molecule has 3 rings (SSSR count). The Morgan fingerprint density at radius 1 is 1.27 bits per heavy atom. The molecule has 0 spiro atoms. The number of rotatable bonds is 6. The van der Waals surface area contributed by atoms with Gasteiger partial charge in [-0.15, -0.1) is 0 Å². The molecule has 0 fully saturated rings. The second kappa shape index (κ2) is 7.64. The fourth-order valence-electron chi connectivity index (χ4n) is 2.65. The highest BCUT2D eigenvalue weighted by atomic mass is 16.2. The summed E-state index contributed by atoms with van der Waals surface area (Å²) in [4.78, 5) is 39.5. The molecule has 8 nitrogen and oxygen atoms in total. The fraction of sp³-hybridized carbons (Fsp3) is 0.222. The van der Waals surface area contributed by atoms with Crippen LogP contribution in [-0.2, 0) is 11.3 Å². The number of amides is 2. The number of nitrogens with zero attached hydrogens (tertiary/aromatic N) is 2. The minimum absolute atomic E-state index is 0.0268. The molecule has 1 atom stereocenters. The third-order valence-corrected chi connectivity index (χ3v) is 3.87. The molecule has 0 bridgehead atoms. The van der Waals surface area contributed by atoms with Crippen molar-refractivity contribution in [1.29, 1.82) is 0 Å². The summed E-state index contributed by atoms with van der Waals surface area (Å²) in [6.07, 6.45) is 4.82. The Bertz CT molecular complexity index is 978. The Hall–Kier alpha value is -3.42. The van der Waals surface area contributed by atoms with Crippen LogP contribution in [0.2, 0.25) is 0 Å². The summed E-state index contributed by atoms with van der Waals surface area (Å²) in [6.45, 7) is 2.15. The number of aromatic nitrogens is 3. The topological polar surface area (TPSA) is 109 Å². The largest absolute Gasteiger partial charge is 0.360 e. The van der Waals surface area contributed by atoms with E-state index in [1.54, 1.807) is 47.4 Å². The molecule has 3 N–H and O–H groups in total. The van der Waals surface area contributed by atoms with Crippen molar-refractivity contribution in [3.05, 3.63) is 64.7 Å². The summed E-state index contributed by atoms with van der Waals surface area (Å²) < 4.78 is 1.71. The zero-order chi connectivity index (χ0) is 18.5. The van der Waals surface area contributed by atoms with Crippen LogP contribution in [0, 0.1) is 0 Å². The first kappa shape index (κ1) is 17.4. The van der Waals surface area contributed by atoms with Gasteiger partial charge in [0.2, 0.25) is 11.3 Å². The first-order chi connectivity index (χ1) is 12.5. The highest BCUT2D eigenvalue weighted by Crippen LogP contribution is 2.06. The zero-order valence-electron chi connectivity index (χ0n) is 14.2. The summed E-state index contributed by atoms with van der Waals surface area (Å²) >= 11 is 0. The molecule has 0 aliphatic heterocycles. The number of aromatic amines is 1. The molecule has 0 radical (unpaired) electrons. The van der Waals surface area contributed by atoms with Gasteiger partial charge in [-0.05, 0) is 25.1 Å². The van der Waals surface area contributed by atoms with E-state index in [2.05, 4.69) is 20.7 Å².